The second-order valence-corrected chi connectivity index (χ2v) is 4.99. The summed E-state index contributed by atoms with van der Waals surface area (Å²) >= 11 is 0. The third-order valence-corrected chi connectivity index (χ3v) is 3.61. The van der Waals surface area contributed by atoms with Gasteiger partial charge in [0.15, 0.2) is 0 Å². The van der Waals surface area contributed by atoms with Crippen molar-refractivity contribution in [1.82, 2.24) is 4.90 Å². The molecular weight excluding hydrogens is 230 g/mol. The Morgan fingerprint density at radius 3 is 2.44 bits per heavy atom. The van der Waals surface area contributed by atoms with Crippen LogP contribution in [0.25, 0.3) is 0 Å². The molecule has 4 heteroatoms. The first kappa shape index (κ1) is 15.0. The van der Waals surface area contributed by atoms with E-state index in [2.05, 4.69) is 11.7 Å². The van der Waals surface area contributed by atoms with E-state index in [1.165, 1.54) is 7.11 Å². The molecule has 0 saturated heterocycles. The van der Waals surface area contributed by atoms with Crippen LogP contribution in [0.3, 0.4) is 0 Å². The van der Waals surface area contributed by atoms with Gasteiger partial charge in [0.05, 0.1) is 13.5 Å². The smallest absolute Gasteiger partial charge is 0.307 e. The van der Waals surface area contributed by atoms with Crippen LogP contribution in [0.15, 0.2) is 0 Å². The molecule has 1 rings (SSSR count). The Balaban J connectivity index is 2.39. The Labute approximate surface area is 110 Å². The molecule has 0 aromatic rings. The van der Waals surface area contributed by atoms with Gasteiger partial charge in [-0.15, -0.1) is 0 Å². The summed E-state index contributed by atoms with van der Waals surface area (Å²) in [5.41, 5.74) is 0. The highest BCUT2D eigenvalue weighted by atomic mass is 16.5. The molecule has 1 amide bonds. The monoisotopic (exact) mass is 255 g/mol. The van der Waals surface area contributed by atoms with E-state index >= 15 is 0 Å². The van der Waals surface area contributed by atoms with Crippen LogP contribution in [0.2, 0.25) is 0 Å². The van der Waals surface area contributed by atoms with Crippen molar-refractivity contribution in [3.8, 4) is 0 Å². The molecule has 0 unspecified atom stereocenters. The standard InChI is InChI=1S/C14H25NO3/c1-3-4-5-10-15(11-9-13(16)18-2)14(17)12-7-6-8-12/h12H,3-11H2,1-2H3. The fourth-order valence-electron chi connectivity index (χ4n) is 2.13. The lowest BCUT2D eigenvalue weighted by Gasteiger charge is -2.31. The Morgan fingerprint density at radius 2 is 1.94 bits per heavy atom. The van der Waals surface area contributed by atoms with Gasteiger partial charge in [0, 0.05) is 19.0 Å². The summed E-state index contributed by atoms with van der Waals surface area (Å²) in [7, 11) is 1.39. The van der Waals surface area contributed by atoms with Crippen molar-refractivity contribution < 1.29 is 14.3 Å². The van der Waals surface area contributed by atoms with E-state index in [0.29, 0.717) is 13.0 Å². The number of nitrogens with zero attached hydrogens (tertiary/aromatic N) is 1. The fraction of sp³-hybridized carbons (Fsp3) is 0.857. The Kier molecular flexibility index (Phi) is 6.76. The first-order valence-corrected chi connectivity index (χ1v) is 7.04. The zero-order chi connectivity index (χ0) is 13.4. The average molecular weight is 255 g/mol. The number of unbranched alkanes of at least 4 members (excludes halogenated alkanes) is 2. The molecule has 0 aromatic heterocycles. The number of esters is 1. The number of rotatable bonds is 8. The van der Waals surface area contributed by atoms with Gasteiger partial charge in [0.2, 0.25) is 5.91 Å². The number of hydrogen-bond donors (Lipinski definition) is 0. The minimum Gasteiger partial charge on any atom is -0.469 e. The van der Waals surface area contributed by atoms with Crippen LogP contribution in [0.4, 0.5) is 0 Å². The maximum absolute atomic E-state index is 12.2. The van der Waals surface area contributed by atoms with Crippen LogP contribution in [0, 0.1) is 5.92 Å². The summed E-state index contributed by atoms with van der Waals surface area (Å²) in [4.78, 5) is 25.2. The van der Waals surface area contributed by atoms with E-state index in [1.807, 2.05) is 4.90 Å². The van der Waals surface area contributed by atoms with Gasteiger partial charge in [-0.2, -0.15) is 0 Å². The first-order valence-electron chi connectivity index (χ1n) is 7.04. The number of carbonyl (C=O) groups is 2. The molecule has 0 aliphatic heterocycles. The van der Waals surface area contributed by atoms with E-state index in [0.717, 1.165) is 45.1 Å². The van der Waals surface area contributed by atoms with Crippen molar-refractivity contribution in [3.05, 3.63) is 0 Å². The summed E-state index contributed by atoms with van der Waals surface area (Å²) < 4.78 is 4.63. The third kappa shape index (κ3) is 4.67. The van der Waals surface area contributed by atoms with Crippen LogP contribution in [-0.4, -0.2) is 37.0 Å². The summed E-state index contributed by atoms with van der Waals surface area (Å²) in [6.07, 6.45) is 6.80. The number of methoxy groups -OCH3 is 1. The Morgan fingerprint density at radius 1 is 1.22 bits per heavy atom. The molecule has 1 aliphatic rings. The first-order chi connectivity index (χ1) is 8.69. The summed E-state index contributed by atoms with van der Waals surface area (Å²) in [6, 6.07) is 0. The van der Waals surface area contributed by atoms with Crippen molar-refractivity contribution in [1.29, 1.82) is 0 Å². The average Bonchev–Trinajstić information content (AvgIpc) is 2.30. The lowest BCUT2D eigenvalue weighted by Crippen LogP contribution is -2.40. The number of hydrogen-bond acceptors (Lipinski definition) is 3. The zero-order valence-electron chi connectivity index (χ0n) is 11.6. The Hall–Kier alpha value is -1.06. The fourth-order valence-corrected chi connectivity index (χ4v) is 2.13. The van der Waals surface area contributed by atoms with Crippen molar-refractivity contribution in [2.75, 3.05) is 20.2 Å². The van der Waals surface area contributed by atoms with Gasteiger partial charge in [0.1, 0.15) is 0 Å². The molecule has 1 fully saturated rings. The summed E-state index contributed by atoms with van der Waals surface area (Å²) in [5, 5.41) is 0. The lowest BCUT2D eigenvalue weighted by atomic mass is 9.84. The normalized spacial score (nSPS) is 15.0. The van der Waals surface area contributed by atoms with Gasteiger partial charge in [0.25, 0.3) is 0 Å². The van der Waals surface area contributed by atoms with Crippen molar-refractivity contribution >= 4 is 11.9 Å². The number of ether oxygens (including phenoxy) is 1. The van der Waals surface area contributed by atoms with E-state index in [1.54, 1.807) is 0 Å². The third-order valence-electron chi connectivity index (χ3n) is 3.61. The molecule has 0 heterocycles. The molecular formula is C14H25NO3. The minimum atomic E-state index is -0.239. The SMILES string of the molecule is CCCCCN(CCC(=O)OC)C(=O)C1CCC1. The number of carbonyl (C=O) groups excluding carboxylic acids is 2. The molecule has 18 heavy (non-hydrogen) atoms. The van der Waals surface area contributed by atoms with E-state index in [4.69, 9.17) is 0 Å². The quantitative estimate of drug-likeness (QED) is 0.494. The predicted molar refractivity (Wildman–Crippen MR) is 70.1 cm³/mol. The van der Waals surface area contributed by atoms with Crippen molar-refractivity contribution in [2.45, 2.75) is 51.9 Å². The van der Waals surface area contributed by atoms with Gasteiger partial charge in [-0.05, 0) is 19.3 Å². The second kappa shape index (κ2) is 8.11. The van der Waals surface area contributed by atoms with Crippen LogP contribution < -0.4 is 0 Å². The second-order valence-electron chi connectivity index (χ2n) is 4.99. The molecule has 0 atom stereocenters. The molecule has 1 aliphatic carbocycles. The van der Waals surface area contributed by atoms with Crippen LogP contribution in [0.1, 0.15) is 51.9 Å². The number of amides is 1. The molecule has 0 spiro atoms. The molecule has 0 bridgehead atoms. The van der Waals surface area contributed by atoms with E-state index in [-0.39, 0.29) is 17.8 Å². The van der Waals surface area contributed by atoms with E-state index < -0.39 is 0 Å². The predicted octanol–water partition coefficient (Wildman–Crippen LogP) is 2.37. The molecule has 0 radical (unpaired) electrons. The minimum absolute atomic E-state index is 0.212. The van der Waals surface area contributed by atoms with Crippen LogP contribution >= 0.6 is 0 Å². The van der Waals surface area contributed by atoms with Crippen LogP contribution in [0.5, 0.6) is 0 Å². The zero-order valence-corrected chi connectivity index (χ0v) is 11.6. The topological polar surface area (TPSA) is 46.6 Å². The molecule has 0 aromatic carbocycles. The maximum atomic E-state index is 12.2. The van der Waals surface area contributed by atoms with Gasteiger partial charge >= 0.3 is 5.97 Å². The maximum Gasteiger partial charge on any atom is 0.307 e. The van der Waals surface area contributed by atoms with Gasteiger partial charge < -0.3 is 9.64 Å². The highest BCUT2D eigenvalue weighted by molar-refractivity contribution is 5.80. The largest absolute Gasteiger partial charge is 0.469 e. The molecule has 1 saturated carbocycles. The Bertz CT molecular complexity index is 274. The highest BCUT2D eigenvalue weighted by Crippen LogP contribution is 2.28. The lowest BCUT2D eigenvalue weighted by molar-refractivity contribution is -0.143. The summed E-state index contributed by atoms with van der Waals surface area (Å²) in [5.74, 6) is 0.211. The van der Waals surface area contributed by atoms with Gasteiger partial charge in [-0.1, -0.05) is 26.2 Å². The summed E-state index contributed by atoms with van der Waals surface area (Å²) in [6.45, 7) is 3.43. The van der Waals surface area contributed by atoms with Gasteiger partial charge in [-0.3, -0.25) is 9.59 Å². The van der Waals surface area contributed by atoms with E-state index in [9.17, 15) is 9.59 Å². The highest BCUT2D eigenvalue weighted by Gasteiger charge is 2.29. The molecule has 104 valence electrons. The van der Waals surface area contributed by atoms with Gasteiger partial charge in [-0.25, -0.2) is 0 Å². The van der Waals surface area contributed by atoms with Crippen molar-refractivity contribution in [3.63, 3.8) is 0 Å². The molecule has 0 N–H and O–H groups in total. The molecule has 4 nitrogen and oxygen atoms in total. The van der Waals surface area contributed by atoms with Crippen molar-refractivity contribution in [2.24, 2.45) is 5.92 Å². The van der Waals surface area contributed by atoms with Crippen LogP contribution in [-0.2, 0) is 14.3 Å².